The Labute approximate surface area is 196 Å². The summed E-state index contributed by atoms with van der Waals surface area (Å²) in [4.78, 5) is 29.7. The molecule has 0 radical (unpaired) electrons. The maximum absolute atomic E-state index is 14.9. The Morgan fingerprint density at radius 3 is 2.70 bits per heavy atom. The predicted octanol–water partition coefficient (Wildman–Crippen LogP) is 5.27. The van der Waals surface area contributed by atoms with Crippen LogP contribution in [0.25, 0.3) is 0 Å². The summed E-state index contributed by atoms with van der Waals surface area (Å²) in [7, 11) is 0. The molecule has 1 N–H and O–H groups in total. The fourth-order valence-corrected chi connectivity index (χ4v) is 4.08. The highest BCUT2D eigenvalue weighted by Crippen LogP contribution is 2.45. The molecule has 9 heteroatoms. The molecule has 0 spiro atoms. The number of halogens is 2. The zero-order chi connectivity index (χ0) is 23.7. The summed E-state index contributed by atoms with van der Waals surface area (Å²) in [5.41, 5.74) is 0.667. The Morgan fingerprint density at radius 2 is 2.03 bits per heavy atom. The third-order valence-corrected chi connectivity index (χ3v) is 6.00. The number of rotatable bonds is 8. The van der Waals surface area contributed by atoms with Gasteiger partial charge in [-0.25, -0.2) is 14.2 Å². The number of aliphatic carboxylic acids is 1. The van der Waals surface area contributed by atoms with Gasteiger partial charge in [0, 0.05) is 18.2 Å². The number of ether oxygens (including phenoxy) is 2. The lowest BCUT2D eigenvalue weighted by molar-refractivity contribution is -0.141. The van der Waals surface area contributed by atoms with Gasteiger partial charge in [0.25, 0.3) is 5.91 Å². The molecule has 1 saturated heterocycles. The predicted molar refractivity (Wildman–Crippen MR) is 120 cm³/mol. The zero-order valence-electron chi connectivity index (χ0n) is 18.5. The van der Waals surface area contributed by atoms with Gasteiger partial charge in [-0.05, 0) is 49.7 Å². The molecule has 4 rings (SSSR count). The first-order valence-corrected chi connectivity index (χ1v) is 11.5. The Morgan fingerprint density at radius 1 is 1.27 bits per heavy atom. The molecule has 1 aliphatic carbocycles. The highest BCUT2D eigenvalue weighted by Gasteiger charge is 2.36. The van der Waals surface area contributed by atoms with Crippen LogP contribution < -0.4 is 9.47 Å². The van der Waals surface area contributed by atoms with Crippen molar-refractivity contribution < 1.29 is 28.6 Å². The molecule has 0 bridgehead atoms. The first-order chi connectivity index (χ1) is 15.7. The van der Waals surface area contributed by atoms with Crippen LogP contribution in [0.1, 0.15) is 61.4 Å². The van der Waals surface area contributed by atoms with Crippen LogP contribution in [0.15, 0.2) is 24.4 Å². The number of pyridine rings is 1. The number of nitrogens with zero attached hydrogens (tertiary/aromatic N) is 2. The van der Waals surface area contributed by atoms with Gasteiger partial charge in [0.1, 0.15) is 23.4 Å². The van der Waals surface area contributed by atoms with Crippen LogP contribution in [0.4, 0.5) is 4.39 Å². The molecule has 0 unspecified atom stereocenters. The number of carbonyl (C=O) groups is 2. The molecule has 1 amide bonds. The van der Waals surface area contributed by atoms with E-state index in [2.05, 4.69) is 18.8 Å². The number of benzene rings is 1. The van der Waals surface area contributed by atoms with Gasteiger partial charge in [0.05, 0.1) is 23.4 Å². The van der Waals surface area contributed by atoms with Crippen LogP contribution in [0.3, 0.4) is 0 Å². The fourth-order valence-electron chi connectivity index (χ4n) is 3.88. The molecular weight excluding hydrogens is 451 g/mol. The second-order valence-electron chi connectivity index (χ2n) is 8.90. The number of aromatic nitrogens is 1. The molecule has 2 fully saturated rings. The largest absolute Gasteiger partial charge is 0.480 e. The average molecular weight is 477 g/mol. The smallest absolute Gasteiger partial charge is 0.326 e. The number of carbonyl (C=O) groups excluding carboxylic acids is 1. The second kappa shape index (κ2) is 9.55. The molecule has 1 saturated carbocycles. The van der Waals surface area contributed by atoms with Crippen molar-refractivity contribution in [3.8, 4) is 17.4 Å². The van der Waals surface area contributed by atoms with Crippen molar-refractivity contribution >= 4 is 23.5 Å². The highest BCUT2D eigenvalue weighted by atomic mass is 35.5. The molecule has 7 nitrogen and oxygen atoms in total. The average Bonchev–Trinajstić information content (AvgIpc) is 3.49. The minimum Gasteiger partial charge on any atom is -0.480 e. The summed E-state index contributed by atoms with van der Waals surface area (Å²) in [5.74, 6) is -0.900. The number of hydrogen-bond acceptors (Lipinski definition) is 5. The van der Waals surface area contributed by atoms with Crippen molar-refractivity contribution in [3.05, 3.63) is 46.4 Å². The highest BCUT2D eigenvalue weighted by molar-refractivity contribution is 6.32. The van der Waals surface area contributed by atoms with Gasteiger partial charge >= 0.3 is 5.97 Å². The van der Waals surface area contributed by atoms with E-state index in [1.165, 1.54) is 17.2 Å². The number of likely N-dealkylation sites (tertiary alicyclic amines) is 1. The second-order valence-corrected chi connectivity index (χ2v) is 9.31. The van der Waals surface area contributed by atoms with E-state index < -0.39 is 23.7 Å². The van der Waals surface area contributed by atoms with E-state index in [0.717, 1.165) is 24.5 Å². The van der Waals surface area contributed by atoms with E-state index in [1.54, 1.807) is 0 Å². The Hall–Kier alpha value is -2.87. The van der Waals surface area contributed by atoms with Crippen LogP contribution in [-0.4, -0.2) is 46.1 Å². The minimum atomic E-state index is -1.10. The van der Waals surface area contributed by atoms with Gasteiger partial charge in [-0.2, -0.15) is 0 Å². The standard InChI is InChI=1S/C24H26ClFN2O5/c1-13(2)12-32-22-16(14-5-6-14)8-15(11-27-22)33-21-10-19(26)17(9-18(21)25)23(29)28-7-3-4-20(28)24(30)31/h8-11,13-14,20H,3-7,12H2,1-2H3,(H,30,31)/t20-/m0/s1. The molecular formula is C24H26ClFN2O5. The first kappa shape index (κ1) is 23.3. The number of carboxylic acid groups (broad SMARTS) is 1. The van der Waals surface area contributed by atoms with Crippen LogP contribution in [-0.2, 0) is 4.79 Å². The summed E-state index contributed by atoms with van der Waals surface area (Å²) in [5, 5.41) is 9.35. The lowest BCUT2D eigenvalue weighted by atomic mass is 10.1. The molecule has 2 heterocycles. The van der Waals surface area contributed by atoms with Gasteiger partial charge in [-0.3, -0.25) is 4.79 Å². The van der Waals surface area contributed by atoms with Gasteiger partial charge in [-0.1, -0.05) is 25.4 Å². The van der Waals surface area contributed by atoms with E-state index in [1.807, 2.05) is 6.07 Å². The van der Waals surface area contributed by atoms with Gasteiger partial charge < -0.3 is 19.5 Å². The Bertz CT molecular complexity index is 1070. The molecule has 1 aromatic carbocycles. The van der Waals surface area contributed by atoms with Gasteiger partial charge in [0.15, 0.2) is 0 Å². The molecule has 2 aromatic rings. The molecule has 1 atom stereocenters. The third-order valence-electron chi connectivity index (χ3n) is 5.70. The molecule has 1 aliphatic heterocycles. The zero-order valence-corrected chi connectivity index (χ0v) is 19.3. The SMILES string of the molecule is CC(C)COc1ncc(Oc2cc(F)c(C(=O)N3CCC[C@H]3C(=O)O)cc2Cl)cc1C1CC1. The summed E-state index contributed by atoms with van der Waals surface area (Å²) >= 11 is 6.31. The van der Waals surface area contributed by atoms with E-state index in [9.17, 15) is 19.1 Å². The van der Waals surface area contributed by atoms with Crippen molar-refractivity contribution in [2.24, 2.45) is 5.92 Å². The van der Waals surface area contributed by atoms with Crippen LogP contribution in [0.2, 0.25) is 5.02 Å². The van der Waals surface area contributed by atoms with Crippen molar-refractivity contribution in [1.82, 2.24) is 9.88 Å². The number of hydrogen-bond donors (Lipinski definition) is 1. The number of amides is 1. The third kappa shape index (κ3) is 5.21. The molecule has 33 heavy (non-hydrogen) atoms. The van der Waals surface area contributed by atoms with E-state index in [-0.39, 0.29) is 22.9 Å². The summed E-state index contributed by atoms with van der Waals surface area (Å²) in [6.07, 6.45) is 4.47. The van der Waals surface area contributed by atoms with Crippen LogP contribution in [0.5, 0.6) is 17.4 Å². The van der Waals surface area contributed by atoms with Crippen molar-refractivity contribution in [2.45, 2.75) is 51.5 Å². The molecule has 1 aromatic heterocycles. The Balaban J connectivity index is 1.55. The fraction of sp³-hybridized carbons (Fsp3) is 0.458. The molecule has 2 aliphatic rings. The summed E-state index contributed by atoms with van der Waals surface area (Å²) in [6, 6.07) is 3.09. The van der Waals surface area contributed by atoms with Crippen LogP contribution >= 0.6 is 11.6 Å². The normalized spacial score (nSPS) is 18.0. The maximum atomic E-state index is 14.9. The van der Waals surface area contributed by atoms with Gasteiger partial charge in [0.2, 0.25) is 5.88 Å². The monoisotopic (exact) mass is 476 g/mol. The lowest BCUT2D eigenvalue weighted by Gasteiger charge is -2.22. The van der Waals surface area contributed by atoms with Crippen molar-refractivity contribution in [3.63, 3.8) is 0 Å². The molecule has 176 valence electrons. The minimum absolute atomic E-state index is 0.0407. The van der Waals surface area contributed by atoms with E-state index in [0.29, 0.717) is 42.9 Å². The summed E-state index contributed by atoms with van der Waals surface area (Å²) < 4.78 is 26.5. The topological polar surface area (TPSA) is 89.0 Å². The van der Waals surface area contributed by atoms with E-state index in [4.69, 9.17) is 21.1 Å². The maximum Gasteiger partial charge on any atom is 0.326 e. The van der Waals surface area contributed by atoms with Crippen LogP contribution in [0, 0.1) is 11.7 Å². The Kier molecular flexibility index (Phi) is 6.74. The van der Waals surface area contributed by atoms with Crippen molar-refractivity contribution in [1.29, 1.82) is 0 Å². The summed E-state index contributed by atoms with van der Waals surface area (Å²) in [6.45, 7) is 4.93. The quantitative estimate of drug-likeness (QED) is 0.558. The number of carboxylic acids is 1. The van der Waals surface area contributed by atoms with Gasteiger partial charge in [-0.15, -0.1) is 0 Å². The lowest BCUT2D eigenvalue weighted by Crippen LogP contribution is -2.40. The van der Waals surface area contributed by atoms with Crippen molar-refractivity contribution in [2.75, 3.05) is 13.2 Å². The van der Waals surface area contributed by atoms with E-state index >= 15 is 0 Å². The first-order valence-electron chi connectivity index (χ1n) is 11.1.